The van der Waals surface area contributed by atoms with Crippen LogP contribution in [0.25, 0.3) is 11.0 Å². The van der Waals surface area contributed by atoms with Crippen molar-refractivity contribution in [2.75, 3.05) is 7.05 Å². The van der Waals surface area contributed by atoms with E-state index in [-0.39, 0.29) is 6.04 Å². The Balaban J connectivity index is 2.06. The van der Waals surface area contributed by atoms with Crippen molar-refractivity contribution in [2.45, 2.75) is 13.0 Å². The van der Waals surface area contributed by atoms with Crippen molar-refractivity contribution in [1.29, 1.82) is 0 Å². The third-order valence-electron chi connectivity index (χ3n) is 3.28. The highest BCUT2D eigenvalue weighted by Crippen LogP contribution is 2.27. The maximum Gasteiger partial charge on any atom is 0.134 e. The standard InChI is InChI=1S/C15H17N3O/c1-10-4-5-13-11(6-10)7-14(19-13)15(16-2)12-8-18(3)9-17-12/h4-9,15-16H,1-3H3. The Morgan fingerprint density at radius 1 is 1.32 bits per heavy atom. The molecule has 0 aliphatic rings. The second-order valence-electron chi connectivity index (χ2n) is 4.88. The molecular formula is C15H17N3O. The number of hydrogen-bond donors (Lipinski definition) is 1. The number of furan rings is 1. The molecule has 0 fully saturated rings. The number of benzene rings is 1. The van der Waals surface area contributed by atoms with Gasteiger partial charge in [0.15, 0.2) is 0 Å². The van der Waals surface area contributed by atoms with Crippen LogP contribution in [0.3, 0.4) is 0 Å². The first-order valence-corrected chi connectivity index (χ1v) is 6.32. The zero-order chi connectivity index (χ0) is 13.4. The molecule has 0 spiro atoms. The summed E-state index contributed by atoms with van der Waals surface area (Å²) in [7, 11) is 3.88. The van der Waals surface area contributed by atoms with E-state index in [2.05, 4.69) is 35.4 Å². The monoisotopic (exact) mass is 255 g/mol. The van der Waals surface area contributed by atoms with E-state index in [0.717, 1.165) is 22.4 Å². The van der Waals surface area contributed by atoms with Crippen LogP contribution in [0.5, 0.6) is 0 Å². The largest absolute Gasteiger partial charge is 0.459 e. The number of imidazole rings is 1. The summed E-state index contributed by atoms with van der Waals surface area (Å²) in [6.07, 6.45) is 3.80. The number of aromatic nitrogens is 2. The zero-order valence-corrected chi connectivity index (χ0v) is 11.3. The van der Waals surface area contributed by atoms with E-state index >= 15 is 0 Å². The summed E-state index contributed by atoms with van der Waals surface area (Å²) in [5.74, 6) is 0.891. The molecule has 0 saturated carbocycles. The van der Waals surface area contributed by atoms with Gasteiger partial charge in [-0.15, -0.1) is 0 Å². The summed E-state index contributed by atoms with van der Waals surface area (Å²) in [6, 6.07) is 8.27. The Hall–Kier alpha value is -2.07. The number of aryl methyl sites for hydroxylation is 2. The molecule has 3 aromatic rings. The average molecular weight is 255 g/mol. The first-order chi connectivity index (χ1) is 9.17. The normalized spacial score (nSPS) is 13.0. The number of nitrogens with one attached hydrogen (secondary N) is 1. The molecule has 1 aromatic carbocycles. The maximum atomic E-state index is 5.93. The lowest BCUT2D eigenvalue weighted by Crippen LogP contribution is -2.17. The molecule has 98 valence electrons. The van der Waals surface area contributed by atoms with E-state index in [4.69, 9.17) is 4.42 Å². The summed E-state index contributed by atoms with van der Waals surface area (Å²) < 4.78 is 7.86. The Morgan fingerprint density at radius 2 is 2.16 bits per heavy atom. The van der Waals surface area contributed by atoms with Crippen LogP contribution in [-0.4, -0.2) is 16.6 Å². The minimum Gasteiger partial charge on any atom is -0.459 e. The molecule has 0 amide bonds. The molecule has 0 aliphatic heterocycles. The molecule has 0 saturated heterocycles. The van der Waals surface area contributed by atoms with Gasteiger partial charge in [-0.2, -0.15) is 0 Å². The molecule has 4 heteroatoms. The van der Waals surface area contributed by atoms with Crippen molar-refractivity contribution in [2.24, 2.45) is 7.05 Å². The van der Waals surface area contributed by atoms with Crippen molar-refractivity contribution >= 4 is 11.0 Å². The van der Waals surface area contributed by atoms with E-state index in [1.807, 2.05) is 30.9 Å². The lowest BCUT2D eigenvalue weighted by atomic mass is 10.1. The molecule has 0 radical (unpaired) electrons. The van der Waals surface area contributed by atoms with Crippen LogP contribution in [0.15, 0.2) is 41.2 Å². The SMILES string of the molecule is CNC(c1cn(C)cn1)c1cc2cc(C)ccc2o1. The molecule has 4 nitrogen and oxygen atoms in total. The van der Waals surface area contributed by atoms with Gasteiger partial charge in [0.25, 0.3) is 0 Å². The fourth-order valence-corrected chi connectivity index (χ4v) is 2.34. The van der Waals surface area contributed by atoms with Crippen LogP contribution in [0.2, 0.25) is 0 Å². The third kappa shape index (κ3) is 2.15. The first-order valence-electron chi connectivity index (χ1n) is 6.32. The molecule has 3 rings (SSSR count). The summed E-state index contributed by atoms with van der Waals surface area (Å²) in [4.78, 5) is 4.39. The number of fused-ring (bicyclic) bond motifs is 1. The minimum atomic E-state index is -0.0195. The molecule has 1 N–H and O–H groups in total. The Morgan fingerprint density at radius 3 is 2.84 bits per heavy atom. The second-order valence-corrected chi connectivity index (χ2v) is 4.88. The van der Waals surface area contributed by atoms with Crippen LogP contribution in [-0.2, 0) is 7.05 Å². The minimum absolute atomic E-state index is 0.0195. The number of hydrogen-bond acceptors (Lipinski definition) is 3. The number of nitrogens with zero attached hydrogens (tertiary/aromatic N) is 2. The van der Waals surface area contributed by atoms with Crippen molar-refractivity contribution in [3.05, 3.63) is 53.8 Å². The van der Waals surface area contributed by atoms with Crippen LogP contribution in [0.4, 0.5) is 0 Å². The molecule has 0 aliphatic carbocycles. The van der Waals surface area contributed by atoms with Gasteiger partial charge in [0.1, 0.15) is 17.4 Å². The van der Waals surface area contributed by atoms with Gasteiger partial charge in [-0.1, -0.05) is 11.6 Å². The van der Waals surface area contributed by atoms with Gasteiger partial charge in [-0.25, -0.2) is 4.98 Å². The molecule has 19 heavy (non-hydrogen) atoms. The Bertz CT molecular complexity index is 711. The third-order valence-corrected chi connectivity index (χ3v) is 3.28. The zero-order valence-electron chi connectivity index (χ0n) is 11.3. The molecule has 0 bridgehead atoms. The highest BCUT2D eigenvalue weighted by molar-refractivity contribution is 5.78. The van der Waals surface area contributed by atoms with Gasteiger partial charge >= 0.3 is 0 Å². The van der Waals surface area contributed by atoms with Crippen molar-refractivity contribution in [3.63, 3.8) is 0 Å². The van der Waals surface area contributed by atoms with Gasteiger partial charge in [0.2, 0.25) is 0 Å². The topological polar surface area (TPSA) is 43.0 Å². The van der Waals surface area contributed by atoms with E-state index in [0.29, 0.717) is 0 Å². The van der Waals surface area contributed by atoms with Crippen molar-refractivity contribution in [1.82, 2.24) is 14.9 Å². The average Bonchev–Trinajstić information content (AvgIpc) is 2.96. The van der Waals surface area contributed by atoms with Crippen molar-refractivity contribution < 1.29 is 4.42 Å². The Kier molecular flexibility index (Phi) is 2.87. The fourth-order valence-electron chi connectivity index (χ4n) is 2.34. The Labute approximate surface area is 112 Å². The number of rotatable bonds is 3. The molecular weight excluding hydrogens is 238 g/mol. The summed E-state index contributed by atoms with van der Waals surface area (Å²) in [5.41, 5.74) is 3.11. The fraction of sp³-hybridized carbons (Fsp3) is 0.267. The van der Waals surface area contributed by atoms with Crippen LogP contribution in [0.1, 0.15) is 23.1 Å². The first kappa shape index (κ1) is 12.0. The van der Waals surface area contributed by atoms with Crippen LogP contribution in [0, 0.1) is 6.92 Å². The predicted octanol–water partition coefficient (Wildman–Crippen LogP) is 2.78. The van der Waals surface area contributed by atoms with E-state index in [9.17, 15) is 0 Å². The quantitative estimate of drug-likeness (QED) is 0.782. The maximum absolute atomic E-state index is 5.93. The molecule has 1 unspecified atom stereocenters. The predicted molar refractivity (Wildman–Crippen MR) is 75.1 cm³/mol. The lowest BCUT2D eigenvalue weighted by molar-refractivity contribution is 0.486. The van der Waals surface area contributed by atoms with E-state index < -0.39 is 0 Å². The highest BCUT2D eigenvalue weighted by atomic mass is 16.3. The van der Waals surface area contributed by atoms with Gasteiger partial charge in [-0.05, 0) is 32.2 Å². The molecule has 2 heterocycles. The van der Waals surface area contributed by atoms with E-state index in [1.54, 1.807) is 6.33 Å². The van der Waals surface area contributed by atoms with Crippen LogP contribution >= 0.6 is 0 Å². The van der Waals surface area contributed by atoms with E-state index in [1.165, 1.54) is 5.56 Å². The van der Waals surface area contributed by atoms with Crippen molar-refractivity contribution in [3.8, 4) is 0 Å². The second kappa shape index (κ2) is 4.55. The van der Waals surface area contributed by atoms with Crippen LogP contribution < -0.4 is 5.32 Å². The van der Waals surface area contributed by atoms with Gasteiger partial charge in [0.05, 0.1) is 12.0 Å². The molecule has 2 aromatic heterocycles. The van der Waals surface area contributed by atoms with Gasteiger partial charge < -0.3 is 14.3 Å². The highest BCUT2D eigenvalue weighted by Gasteiger charge is 2.18. The smallest absolute Gasteiger partial charge is 0.134 e. The molecule has 1 atom stereocenters. The summed E-state index contributed by atoms with van der Waals surface area (Å²) in [6.45, 7) is 2.08. The lowest BCUT2D eigenvalue weighted by Gasteiger charge is -2.10. The van der Waals surface area contributed by atoms with Gasteiger partial charge in [-0.3, -0.25) is 0 Å². The van der Waals surface area contributed by atoms with Gasteiger partial charge in [0, 0.05) is 18.6 Å². The summed E-state index contributed by atoms with van der Waals surface area (Å²) >= 11 is 0. The summed E-state index contributed by atoms with van der Waals surface area (Å²) in [5, 5.41) is 4.38.